The fraction of sp³-hybridized carbons (Fsp3) is 0.500. The summed E-state index contributed by atoms with van der Waals surface area (Å²) in [6.45, 7) is 5.16. The zero-order chi connectivity index (χ0) is 16.5. The van der Waals surface area contributed by atoms with Crippen molar-refractivity contribution in [2.24, 2.45) is 5.92 Å². The summed E-state index contributed by atoms with van der Waals surface area (Å²) in [5, 5.41) is 0.966. The smallest absolute Gasteiger partial charge is 0.254 e. The predicted octanol–water partition coefficient (Wildman–Crippen LogP) is 3.61. The first-order valence-corrected chi connectivity index (χ1v) is 9.03. The molecule has 1 saturated heterocycles. The van der Waals surface area contributed by atoms with Gasteiger partial charge in [0.15, 0.2) is 0 Å². The number of hydrogen-bond acceptors (Lipinski definition) is 3. The quantitative estimate of drug-likeness (QED) is 0.844. The van der Waals surface area contributed by atoms with Crippen LogP contribution in [-0.4, -0.2) is 42.1 Å². The molecule has 2 aromatic rings. The number of carbonyl (C=O) groups excluding carboxylic acids is 1. The monoisotopic (exact) mass is 324 g/mol. The molecule has 0 unspecified atom stereocenters. The van der Waals surface area contributed by atoms with Gasteiger partial charge in [-0.2, -0.15) is 0 Å². The Kier molecular flexibility index (Phi) is 4.23. The second-order valence-corrected chi connectivity index (χ2v) is 6.96. The molecule has 2 heterocycles. The number of amides is 1. The van der Waals surface area contributed by atoms with Gasteiger partial charge in [0, 0.05) is 42.6 Å². The van der Waals surface area contributed by atoms with Crippen molar-refractivity contribution in [2.45, 2.75) is 32.1 Å². The summed E-state index contributed by atoms with van der Waals surface area (Å²) in [6.07, 6.45) is 3.43. The lowest BCUT2D eigenvalue weighted by Gasteiger charge is -2.24. The molecule has 0 bridgehead atoms. The van der Waals surface area contributed by atoms with Crippen LogP contribution in [0.4, 0.5) is 0 Å². The van der Waals surface area contributed by atoms with E-state index in [0.717, 1.165) is 54.9 Å². The maximum absolute atomic E-state index is 13.2. The van der Waals surface area contributed by atoms with Gasteiger partial charge in [-0.1, -0.05) is 18.2 Å². The minimum atomic E-state index is 0.130. The summed E-state index contributed by atoms with van der Waals surface area (Å²) in [6, 6.07) is 10.0. The van der Waals surface area contributed by atoms with E-state index in [2.05, 4.69) is 6.92 Å². The van der Waals surface area contributed by atoms with E-state index in [4.69, 9.17) is 9.72 Å². The number of rotatable bonds is 5. The van der Waals surface area contributed by atoms with E-state index in [1.54, 1.807) is 0 Å². The van der Waals surface area contributed by atoms with Crippen LogP contribution in [0.2, 0.25) is 0 Å². The van der Waals surface area contributed by atoms with Crippen molar-refractivity contribution < 1.29 is 9.53 Å². The van der Waals surface area contributed by atoms with E-state index < -0.39 is 0 Å². The second-order valence-electron chi connectivity index (χ2n) is 6.96. The third kappa shape index (κ3) is 3.03. The fourth-order valence-electron chi connectivity index (χ4n) is 3.53. The Morgan fingerprint density at radius 1 is 1.29 bits per heavy atom. The van der Waals surface area contributed by atoms with Gasteiger partial charge in [-0.3, -0.25) is 9.78 Å². The van der Waals surface area contributed by atoms with Crippen LogP contribution in [0.1, 0.15) is 48.2 Å². The Balaban J connectivity index is 1.68. The molecule has 24 heavy (non-hydrogen) atoms. The Morgan fingerprint density at radius 3 is 2.83 bits per heavy atom. The molecule has 2 aliphatic rings. The number of ether oxygens (including phenoxy) is 1. The summed E-state index contributed by atoms with van der Waals surface area (Å²) in [4.78, 5) is 20.0. The maximum atomic E-state index is 13.2. The molecule has 1 saturated carbocycles. The van der Waals surface area contributed by atoms with Gasteiger partial charge < -0.3 is 9.64 Å². The lowest BCUT2D eigenvalue weighted by atomic mass is 10.0. The average Bonchev–Trinajstić information content (AvgIpc) is 3.35. The first-order valence-electron chi connectivity index (χ1n) is 9.03. The molecule has 1 aromatic heterocycles. The van der Waals surface area contributed by atoms with E-state index in [-0.39, 0.29) is 5.91 Å². The number of hydrogen-bond donors (Lipinski definition) is 0. The molecule has 1 amide bonds. The second kappa shape index (κ2) is 6.52. The number of para-hydroxylation sites is 1. The predicted molar refractivity (Wildman–Crippen MR) is 94.2 cm³/mol. The summed E-state index contributed by atoms with van der Waals surface area (Å²) in [5.74, 6) is 1.13. The Labute approximate surface area is 142 Å². The SMILES string of the molecule is CCN(C[C@H]1CCOC1)C(=O)c1cc(C2CC2)nc2ccccc12. The van der Waals surface area contributed by atoms with E-state index in [9.17, 15) is 4.79 Å². The molecule has 4 heteroatoms. The number of fused-ring (bicyclic) bond motifs is 1. The van der Waals surface area contributed by atoms with Gasteiger partial charge in [0.05, 0.1) is 17.7 Å². The number of aromatic nitrogens is 1. The van der Waals surface area contributed by atoms with Crippen molar-refractivity contribution in [1.29, 1.82) is 0 Å². The highest BCUT2D eigenvalue weighted by Crippen LogP contribution is 2.40. The molecule has 0 spiro atoms. The molecule has 4 rings (SSSR count). The van der Waals surface area contributed by atoms with Gasteiger partial charge in [-0.25, -0.2) is 0 Å². The third-order valence-electron chi connectivity index (χ3n) is 5.13. The van der Waals surface area contributed by atoms with Crippen LogP contribution < -0.4 is 0 Å². The van der Waals surface area contributed by atoms with Gasteiger partial charge in [-0.05, 0) is 38.3 Å². The summed E-state index contributed by atoms with van der Waals surface area (Å²) in [5.41, 5.74) is 2.83. The maximum Gasteiger partial charge on any atom is 0.254 e. The topological polar surface area (TPSA) is 42.4 Å². The van der Waals surface area contributed by atoms with Crippen LogP contribution in [0.15, 0.2) is 30.3 Å². The van der Waals surface area contributed by atoms with E-state index >= 15 is 0 Å². The summed E-state index contributed by atoms with van der Waals surface area (Å²) >= 11 is 0. The normalized spacial score (nSPS) is 20.5. The minimum Gasteiger partial charge on any atom is -0.381 e. The highest BCUT2D eigenvalue weighted by Gasteiger charge is 2.28. The summed E-state index contributed by atoms with van der Waals surface area (Å²) in [7, 11) is 0. The largest absolute Gasteiger partial charge is 0.381 e. The molecule has 126 valence electrons. The van der Waals surface area contributed by atoms with E-state index in [1.807, 2.05) is 35.2 Å². The molecule has 4 nitrogen and oxygen atoms in total. The van der Waals surface area contributed by atoms with Crippen LogP contribution in [0.3, 0.4) is 0 Å². The number of benzene rings is 1. The van der Waals surface area contributed by atoms with Crippen molar-refractivity contribution in [3.8, 4) is 0 Å². The van der Waals surface area contributed by atoms with Crippen molar-refractivity contribution in [2.75, 3.05) is 26.3 Å². The molecule has 1 aliphatic carbocycles. The Hall–Kier alpha value is -1.94. The zero-order valence-electron chi connectivity index (χ0n) is 14.2. The van der Waals surface area contributed by atoms with E-state index in [1.165, 1.54) is 12.8 Å². The molecule has 1 aliphatic heterocycles. The van der Waals surface area contributed by atoms with Crippen molar-refractivity contribution in [3.63, 3.8) is 0 Å². The standard InChI is InChI=1S/C20H24N2O2/c1-2-22(12-14-9-10-24-13-14)20(23)17-11-19(15-7-8-15)21-18-6-4-3-5-16(17)18/h3-6,11,14-15H,2,7-10,12-13H2,1H3/t14-/m1/s1. The summed E-state index contributed by atoms with van der Waals surface area (Å²) < 4.78 is 5.47. The fourth-order valence-corrected chi connectivity index (χ4v) is 3.53. The van der Waals surface area contributed by atoms with Crippen molar-refractivity contribution >= 4 is 16.8 Å². The Bertz CT molecular complexity index is 748. The van der Waals surface area contributed by atoms with Crippen LogP contribution in [-0.2, 0) is 4.74 Å². The van der Waals surface area contributed by atoms with Gasteiger partial charge in [-0.15, -0.1) is 0 Å². The average molecular weight is 324 g/mol. The van der Waals surface area contributed by atoms with Crippen LogP contribution >= 0.6 is 0 Å². The van der Waals surface area contributed by atoms with Gasteiger partial charge in [0.25, 0.3) is 5.91 Å². The molecule has 1 aromatic carbocycles. The Morgan fingerprint density at radius 2 is 2.12 bits per heavy atom. The highest BCUT2D eigenvalue weighted by molar-refractivity contribution is 6.06. The lowest BCUT2D eigenvalue weighted by molar-refractivity contribution is 0.0732. The first-order chi connectivity index (χ1) is 11.8. The molecule has 1 atom stereocenters. The zero-order valence-corrected chi connectivity index (χ0v) is 14.2. The number of carbonyl (C=O) groups is 1. The van der Waals surface area contributed by atoms with Gasteiger partial charge >= 0.3 is 0 Å². The van der Waals surface area contributed by atoms with Gasteiger partial charge in [0.1, 0.15) is 0 Å². The lowest BCUT2D eigenvalue weighted by Crippen LogP contribution is -2.35. The van der Waals surface area contributed by atoms with Crippen molar-refractivity contribution in [1.82, 2.24) is 9.88 Å². The molecular weight excluding hydrogens is 300 g/mol. The first kappa shape index (κ1) is 15.6. The highest BCUT2D eigenvalue weighted by atomic mass is 16.5. The number of pyridine rings is 1. The third-order valence-corrected chi connectivity index (χ3v) is 5.13. The number of nitrogens with zero attached hydrogens (tertiary/aromatic N) is 2. The van der Waals surface area contributed by atoms with Crippen LogP contribution in [0, 0.1) is 5.92 Å². The molecular formula is C20H24N2O2. The van der Waals surface area contributed by atoms with Gasteiger partial charge in [0.2, 0.25) is 0 Å². The molecule has 2 fully saturated rings. The van der Waals surface area contributed by atoms with E-state index in [0.29, 0.717) is 11.8 Å². The molecule has 0 N–H and O–H groups in total. The van der Waals surface area contributed by atoms with Crippen molar-refractivity contribution in [3.05, 3.63) is 41.6 Å². The molecule has 0 radical (unpaired) electrons. The minimum absolute atomic E-state index is 0.130. The van der Waals surface area contributed by atoms with Crippen LogP contribution in [0.25, 0.3) is 10.9 Å². The van der Waals surface area contributed by atoms with Crippen LogP contribution in [0.5, 0.6) is 0 Å².